The van der Waals surface area contributed by atoms with Gasteiger partial charge in [-0.2, -0.15) is 0 Å². The van der Waals surface area contributed by atoms with Crippen molar-refractivity contribution in [2.45, 2.75) is 19.4 Å². The number of rotatable bonds is 13. The highest BCUT2D eigenvalue weighted by molar-refractivity contribution is 6.33. The number of fused-ring (bicyclic) bond motifs is 3. The molecule has 0 atom stereocenters. The van der Waals surface area contributed by atoms with Crippen LogP contribution < -0.4 is 10.6 Å². The van der Waals surface area contributed by atoms with E-state index in [1.807, 2.05) is 42.6 Å². The standard InChI is InChI=1S/C33H33ClN4O3/c1-40-33(39)25-10-12-27-29-22-35-15-13-28(29)32(38-31(27)20-25)37-14-5-6-17-41-18-16-36-21-23-9-11-26(30(34)19-23)24-7-3-2-4-8-24/h2-4,7-13,15,19-20,22,36H,5-6,14,16-18,21H2,1H3,(H,37,38). The van der Waals surface area contributed by atoms with Gasteiger partial charge in [-0.1, -0.05) is 60.1 Å². The molecule has 7 nitrogen and oxygen atoms in total. The average Bonchev–Trinajstić information content (AvgIpc) is 3.01. The van der Waals surface area contributed by atoms with Crippen molar-refractivity contribution in [3.8, 4) is 11.1 Å². The monoisotopic (exact) mass is 568 g/mol. The SMILES string of the molecule is COC(=O)c1ccc2c(c1)nc(NCCCCOCCNCc1ccc(-c3ccccc3)c(Cl)c1)c1ccncc12. The maximum Gasteiger partial charge on any atom is 0.337 e. The second-order valence-electron chi connectivity index (χ2n) is 9.71. The first-order valence-electron chi connectivity index (χ1n) is 13.8. The molecule has 210 valence electrons. The maximum absolute atomic E-state index is 12.0. The van der Waals surface area contributed by atoms with Gasteiger partial charge in [0, 0.05) is 65.4 Å². The van der Waals surface area contributed by atoms with E-state index in [9.17, 15) is 4.79 Å². The highest BCUT2D eigenvalue weighted by atomic mass is 35.5. The number of anilines is 1. The summed E-state index contributed by atoms with van der Waals surface area (Å²) in [5.41, 5.74) is 4.50. The van der Waals surface area contributed by atoms with Gasteiger partial charge in [-0.3, -0.25) is 4.98 Å². The predicted octanol–water partition coefficient (Wildman–Crippen LogP) is 6.89. The van der Waals surface area contributed by atoms with Crippen molar-refractivity contribution in [1.29, 1.82) is 0 Å². The molecule has 0 saturated heterocycles. The number of esters is 1. The third-order valence-corrected chi connectivity index (χ3v) is 7.21. The molecule has 0 aliphatic carbocycles. The van der Waals surface area contributed by atoms with Crippen molar-refractivity contribution in [3.05, 3.63) is 101 Å². The van der Waals surface area contributed by atoms with Crippen LogP contribution in [-0.4, -0.2) is 49.4 Å². The fourth-order valence-corrected chi connectivity index (χ4v) is 5.08. The van der Waals surface area contributed by atoms with Crippen LogP contribution in [0.1, 0.15) is 28.8 Å². The number of hydrogen-bond acceptors (Lipinski definition) is 7. The van der Waals surface area contributed by atoms with Crippen molar-refractivity contribution in [2.24, 2.45) is 0 Å². The molecule has 2 heterocycles. The molecule has 41 heavy (non-hydrogen) atoms. The Morgan fingerprint density at radius 2 is 1.78 bits per heavy atom. The minimum atomic E-state index is -0.383. The number of carbonyl (C=O) groups is 1. The fraction of sp³-hybridized carbons (Fsp3) is 0.242. The van der Waals surface area contributed by atoms with Crippen molar-refractivity contribution in [3.63, 3.8) is 0 Å². The molecule has 0 amide bonds. The molecular weight excluding hydrogens is 536 g/mol. The largest absolute Gasteiger partial charge is 0.465 e. The average molecular weight is 569 g/mol. The van der Waals surface area contributed by atoms with Gasteiger partial charge in [0.2, 0.25) is 0 Å². The van der Waals surface area contributed by atoms with E-state index in [4.69, 9.17) is 26.1 Å². The van der Waals surface area contributed by atoms with Crippen molar-refractivity contribution < 1.29 is 14.3 Å². The summed E-state index contributed by atoms with van der Waals surface area (Å²) in [7, 11) is 1.37. The zero-order valence-corrected chi connectivity index (χ0v) is 23.8. The number of carbonyl (C=O) groups excluding carboxylic acids is 1. The molecule has 3 aromatic carbocycles. The number of unbranched alkanes of at least 4 members (excludes halogenated alkanes) is 1. The van der Waals surface area contributed by atoms with E-state index < -0.39 is 0 Å². The predicted molar refractivity (Wildman–Crippen MR) is 166 cm³/mol. The molecule has 0 spiro atoms. The van der Waals surface area contributed by atoms with Crippen LogP contribution in [0.25, 0.3) is 32.8 Å². The normalized spacial score (nSPS) is 11.2. The Balaban J connectivity index is 1.03. The number of halogens is 1. The van der Waals surface area contributed by atoms with Crippen LogP contribution in [-0.2, 0) is 16.0 Å². The van der Waals surface area contributed by atoms with Gasteiger partial charge in [-0.15, -0.1) is 0 Å². The van der Waals surface area contributed by atoms with Crippen LogP contribution >= 0.6 is 11.6 Å². The Morgan fingerprint density at radius 1 is 0.902 bits per heavy atom. The summed E-state index contributed by atoms with van der Waals surface area (Å²) in [6.45, 7) is 3.61. The smallest absolute Gasteiger partial charge is 0.337 e. The molecule has 5 aromatic rings. The summed E-state index contributed by atoms with van der Waals surface area (Å²) >= 11 is 6.52. The number of methoxy groups -OCH3 is 1. The van der Waals surface area contributed by atoms with Gasteiger partial charge in [0.25, 0.3) is 0 Å². The van der Waals surface area contributed by atoms with E-state index >= 15 is 0 Å². The van der Waals surface area contributed by atoms with Gasteiger partial charge >= 0.3 is 5.97 Å². The summed E-state index contributed by atoms with van der Waals surface area (Å²) in [5.74, 6) is 0.394. The molecule has 8 heteroatoms. The van der Waals surface area contributed by atoms with E-state index in [1.54, 1.807) is 18.3 Å². The van der Waals surface area contributed by atoms with Crippen LogP contribution in [0, 0.1) is 0 Å². The lowest BCUT2D eigenvalue weighted by atomic mass is 10.0. The van der Waals surface area contributed by atoms with E-state index in [1.165, 1.54) is 7.11 Å². The van der Waals surface area contributed by atoms with Gasteiger partial charge in [-0.05, 0) is 48.2 Å². The lowest BCUT2D eigenvalue weighted by Gasteiger charge is -2.12. The Morgan fingerprint density at radius 3 is 2.61 bits per heavy atom. The molecule has 0 aliphatic heterocycles. The molecule has 0 radical (unpaired) electrons. The van der Waals surface area contributed by atoms with E-state index in [0.29, 0.717) is 18.8 Å². The number of hydrogen-bond donors (Lipinski definition) is 2. The lowest BCUT2D eigenvalue weighted by molar-refractivity contribution is 0.0601. The highest BCUT2D eigenvalue weighted by Gasteiger charge is 2.12. The second kappa shape index (κ2) is 14.0. The van der Waals surface area contributed by atoms with E-state index in [-0.39, 0.29) is 5.97 Å². The zero-order chi connectivity index (χ0) is 28.4. The number of aromatic nitrogens is 2. The number of nitrogens with one attached hydrogen (secondary N) is 2. The van der Waals surface area contributed by atoms with Gasteiger partial charge in [0.05, 0.1) is 24.8 Å². The van der Waals surface area contributed by atoms with Crippen molar-refractivity contribution >= 4 is 45.1 Å². The second-order valence-corrected chi connectivity index (χ2v) is 10.1. The number of nitrogens with zero attached hydrogens (tertiary/aromatic N) is 2. The number of ether oxygens (including phenoxy) is 2. The first-order chi connectivity index (χ1) is 20.1. The summed E-state index contributed by atoms with van der Waals surface area (Å²) in [6, 6.07) is 23.7. The summed E-state index contributed by atoms with van der Waals surface area (Å²) in [5, 5.41) is 10.6. The Kier molecular flexibility index (Phi) is 9.75. The minimum Gasteiger partial charge on any atom is -0.465 e. The van der Waals surface area contributed by atoms with Gasteiger partial charge < -0.3 is 20.1 Å². The zero-order valence-electron chi connectivity index (χ0n) is 23.0. The molecule has 2 aromatic heterocycles. The quantitative estimate of drug-likeness (QED) is 0.0908. The molecule has 0 unspecified atom stereocenters. The van der Waals surface area contributed by atoms with Crippen LogP contribution in [0.2, 0.25) is 5.02 Å². The van der Waals surface area contributed by atoms with E-state index in [0.717, 1.165) is 81.7 Å². The first-order valence-corrected chi connectivity index (χ1v) is 14.1. The summed E-state index contributed by atoms with van der Waals surface area (Å²) in [4.78, 5) is 21.1. The van der Waals surface area contributed by atoms with Crippen molar-refractivity contribution in [1.82, 2.24) is 15.3 Å². The van der Waals surface area contributed by atoms with Gasteiger partial charge in [0.15, 0.2) is 0 Å². The molecule has 0 fully saturated rings. The molecule has 0 saturated carbocycles. The molecule has 5 rings (SSSR count). The molecule has 0 bridgehead atoms. The third-order valence-electron chi connectivity index (χ3n) is 6.90. The highest BCUT2D eigenvalue weighted by Crippen LogP contribution is 2.30. The van der Waals surface area contributed by atoms with Gasteiger partial charge in [-0.25, -0.2) is 9.78 Å². The van der Waals surface area contributed by atoms with Crippen LogP contribution in [0.3, 0.4) is 0 Å². The summed E-state index contributed by atoms with van der Waals surface area (Å²) in [6.07, 6.45) is 5.47. The molecule has 2 N–H and O–H groups in total. The topological polar surface area (TPSA) is 85.4 Å². The van der Waals surface area contributed by atoms with Crippen LogP contribution in [0.15, 0.2) is 85.2 Å². The van der Waals surface area contributed by atoms with Crippen LogP contribution in [0.5, 0.6) is 0 Å². The Hall–Kier alpha value is -4.04. The van der Waals surface area contributed by atoms with Crippen molar-refractivity contribution in [2.75, 3.05) is 38.7 Å². The Bertz CT molecular complexity index is 1630. The summed E-state index contributed by atoms with van der Waals surface area (Å²) < 4.78 is 10.7. The third kappa shape index (κ3) is 7.19. The fourth-order valence-electron chi connectivity index (χ4n) is 4.76. The number of benzene rings is 3. The minimum absolute atomic E-state index is 0.383. The Labute approximate surface area is 244 Å². The molecule has 0 aliphatic rings. The lowest BCUT2D eigenvalue weighted by Crippen LogP contribution is -2.19. The number of pyridine rings is 2. The van der Waals surface area contributed by atoms with E-state index in [2.05, 4.69) is 39.9 Å². The maximum atomic E-state index is 12.0. The molecular formula is C33H33ClN4O3. The van der Waals surface area contributed by atoms with Gasteiger partial charge in [0.1, 0.15) is 5.82 Å². The van der Waals surface area contributed by atoms with Crippen LogP contribution in [0.4, 0.5) is 5.82 Å². The first kappa shape index (κ1) is 28.5.